The molecule has 1 saturated carbocycles. The largest absolute Gasteiger partial charge is 0.481 e. The lowest BCUT2D eigenvalue weighted by Crippen LogP contribution is -2.26. The third kappa shape index (κ3) is 2.15. The molecule has 6 heteroatoms. The maximum absolute atomic E-state index is 11.4. The number of nitrogens with one attached hydrogen (secondary N) is 1. The van der Waals surface area contributed by atoms with E-state index in [0.29, 0.717) is 12.1 Å². The van der Waals surface area contributed by atoms with Crippen molar-refractivity contribution < 1.29 is 19.2 Å². The molecular weight excluding hydrogens is 200 g/mol. The van der Waals surface area contributed by atoms with E-state index in [4.69, 9.17) is 5.11 Å². The van der Waals surface area contributed by atoms with Crippen molar-refractivity contribution in [3.63, 3.8) is 0 Å². The highest BCUT2D eigenvalue weighted by atomic mass is 16.5. The van der Waals surface area contributed by atoms with Crippen LogP contribution in [-0.2, 0) is 16.1 Å². The lowest BCUT2D eigenvalue weighted by molar-refractivity contribution is -0.140. The van der Waals surface area contributed by atoms with Gasteiger partial charge >= 0.3 is 5.97 Å². The minimum absolute atomic E-state index is 0.231. The third-order valence-corrected chi connectivity index (χ3v) is 2.38. The topological polar surface area (TPSA) is 92.4 Å². The first-order valence-electron chi connectivity index (χ1n) is 4.58. The number of carbonyl (C=O) groups excluding carboxylic acids is 1. The van der Waals surface area contributed by atoms with Crippen molar-refractivity contribution in [2.45, 2.75) is 13.0 Å². The van der Waals surface area contributed by atoms with Crippen LogP contribution in [0.1, 0.15) is 12.1 Å². The zero-order chi connectivity index (χ0) is 10.8. The molecule has 2 N–H and O–H groups in total. The molecule has 1 heterocycles. The number of carboxylic acids is 1. The summed E-state index contributed by atoms with van der Waals surface area (Å²) in [6.45, 7) is 0.276. The van der Waals surface area contributed by atoms with Gasteiger partial charge in [0.05, 0.1) is 18.4 Å². The van der Waals surface area contributed by atoms with Gasteiger partial charge in [0.2, 0.25) is 5.91 Å². The molecule has 1 aromatic heterocycles. The maximum Gasteiger partial charge on any atom is 0.307 e. The smallest absolute Gasteiger partial charge is 0.307 e. The summed E-state index contributed by atoms with van der Waals surface area (Å²) >= 11 is 0. The first-order chi connectivity index (χ1) is 7.18. The van der Waals surface area contributed by atoms with Crippen LogP contribution in [-0.4, -0.2) is 22.1 Å². The molecule has 0 spiro atoms. The Bertz CT molecular complexity index is 373. The standard InChI is InChI=1S/C9H10N2O4/c12-8(6-3-7(6)9(13)14)10-4-5-1-2-15-11-5/h1-2,6-7H,3-4H2,(H,10,12)(H,13,14). The van der Waals surface area contributed by atoms with Crippen LogP contribution >= 0.6 is 0 Å². The Hall–Kier alpha value is -1.85. The molecule has 1 aliphatic rings. The molecular formula is C9H10N2O4. The van der Waals surface area contributed by atoms with Crippen LogP contribution in [0.5, 0.6) is 0 Å². The summed E-state index contributed by atoms with van der Waals surface area (Å²) in [5, 5.41) is 14.8. The average Bonchev–Trinajstić information content (AvgIpc) is 2.85. The lowest BCUT2D eigenvalue weighted by Gasteiger charge is -2.00. The number of aliphatic carboxylic acids is 1. The summed E-state index contributed by atoms with van der Waals surface area (Å²) in [6, 6.07) is 1.64. The lowest BCUT2D eigenvalue weighted by atomic mass is 10.3. The monoisotopic (exact) mass is 210 g/mol. The molecule has 80 valence electrons. The van der Waals surface area contributed by atoms with Crippen LogP contribution in [0, 0.1) is 11.8 Å². The van der Waals surface area contributed by atoms with Gasteiger partial charge in [0.15, 0.2) is 0 Å². The van der Waals surface area contributed by atoms with Gasteiger partial charge in [-0.05, 0) is 6.42 Å². The van der Waals surface area contributed by atoms with Gasteiger partial charge < -0.3 is 14.9 Å². The van der Waals surface area contributed by atoms with Gasteiger partial charge in [0.1, 0.15) is 12.0 Å². The van der Waals surface area contributed by atoms with Crippen molar-refractivity contribution >= 4 is 11.9 Å². The molecule has 2 unspecified atom stereocenters. The summed E-state index contributed by atoms with van der Waals surface area (Å²) < 4.78 is 4.59. The Labute approximate surface area is 85.2 Å². The maximum atomic E-state index is 11.4. The first-order valence-corrected chi connectivity index (χ1v) is 4.58. The second kappa shape index (κ2) is 3.72. The Balaban J connectivity index is 1.77. The van der Waals surface area contributed by atoms with Crippen molar-refractivity contribution in [3.05, 3.63) is 18.0 Å². The molecule has 0 bridgehead atoms. The molecule has 2 rings (SSSR count). The molecule has 2 atom stereocenters. The van der Waals surface area contributed by atoms with E-state index in [1.54, 1.807) is 6.07 Å². The van der Waals surface area contributed by atoms with E-state index in [1.807, 2.05) is 0 Å². The molecule has 15 heavy (non-hydrogen) atoms. The van der Waals surface area contributed by atoms with Crippen LogP contribution in [0.3, 0.4) is 0 Å². The average molecular weight is 210 g/mol. The predicted octanol–water partition coefficient (Wildman–Crippen LogP) is 0.0115. The van der Waals surface area contributed by atoms with Crippen molar-refractivity contribution in [1.29, 1.82) is 0 Å². The Kier molecular flexibility index (Phi) is 2.40. The number of carboxylic acid groups (broad SMARTS) is 1. The fraction of sp³-hybridized carbons (Fsp3) is 0.444. The molecule has 1 amide bonds. The van der Waals surface area contributed by atoms with Gasteiger partial charge in [-0.3, -0.25) is 9.59 Å². The van der Waals surface area contributed by atoms with Gasteiger partial charge in [-0.2, -0.15) is 0 Å². The van der Waals surface area contributed by atoms with E-state index in [0.717, 1.165) is 0 Å². The summed E-state index contributed by atoms with van der Waals surface area (Å²) in [6.07, 6.45) is 1.85. The molecule has 6 nitrogen and oxygen atoms in total. The van der Waals surface area contributed by atoms with E-state index >= 15 is 0 Å². The predicted molar refractivity (Wildman–Crippen MR) is 47.6 cm³/mol. The summed E-state index contributed by atoms with van der Waals surface area (Å²) in [7, 11) is 0. The van der Waals surface area contributed by atoms with E-state index in [1.165, 1.54) is 6.26 Å². The van der Waals surface area contributed by atoms with Gasteiger partial charge in [-0.1, -0.05) is 5.16 Å². The fourth-order valence-electron chi connectivity index (χ4n) is 1.40. The SMILES string of the molecule is O=C(O)C1CC1C(=O)NCc1ccon1. The second-order valence-corrected chi connectivity index (χ2v) is 3.50. The Morgan fingerprint density at radius 1 is 1.60 bits per heavy atom. The molecule has 0 radical (unpaired) electrons. The van der Waals surface area contributed by atoms with Crippen LogP contribution in [0.15, 0.2) is 16.9 Å². The summed E-state index contributed by atoms with van der Waals surface area (Å²) in [4.78, 5) is 21.9. The Morgan fingerprint density at radius 3 is 2.93 bits per heavy atom. The number of nitrogens with zero attached hydrogens (tertiary/aromatic N) is 1. The van der Waals surface area contributed by atoms with Crippen LogP contribution in [0.4, 0.5) is 0 Å². The number of carbonyl (C=O) groups is 2. The zero-order valence-electron chi connectivity index (χ0n) is 7.84. The second-order valence-electron chi connectivity index (χ2n) is 3.50. The summed E-state index contributed by atoms with van der Waals surface area (Å²) in [5.74, 6) is -2.03. The number of hydrogen-bond acceptors (Lipinski definition) is 4. The molecule has 0 saturated heterocycles. The highest BCUT2D eigenvalue weighted by Crippen LogP contribution is 2.38. The fourth-order valence-corrected chi connectivity index (χ4v) is 1.40. The van der Waals surface area contributed by atoms with Gasteiger partial charge in [0, 0.05) is 6.07 Å². The van der Waals surface area contributed by atoms with Crippen LogP contribution in [0.2, 0.25) is 0 Å². The molecule has 1 aromatic rings. The first kappa shape index (κ1) is 9.70. The molecule has 0 aromatic carbocycles. The number of aromatic nitrogens is 1. The van der Waals surface area contributed by atoms with Crippen molar-refractivity contribution in [2.75, 3.05) is 0 Å². The highest BCUT2D eigenvalue weighted by Gasteiger charge is 2.48. The molecule has 1 aliphatic carbocycles. The van der Waals surface area contributed by atoms with Crippen molar-refractivity contribution in [1.82, 2.24) is 10.5 Å². The Morgan fingerprint density at radius 2 is 2.40 bits per heavy atom. The van der Waals surface area contributed by atoms with E-state index in [-0.39, 0.29) is 18.4 Å². The normalized spacial score (nSPS) is 23.5. The minimum Gasteiger partial charge on any atom is -0.481 e. The van der Waals surface area contributed by atoms with E-state index in [9.17, 15) is 9.59 Å². The van der Waals surface area contributed by atoms with Crippen LogP contribution in [0.25, 0.3) is 0 Å². The quantitative estimate of drug-likeness (QED) is 0.730. The number of amides is 1. The van der Waals surface area contributed by atoms with Crippen LogP contribution < -0.4 is 5.32 Å². The molecule has 0 aliphatic heterocycles. The zero-order valence-corrected chi connectivity index (χ0v) is 7.84. The van der Waals surface area contributed by atoms with Gasteiger partial charge in [-0.15, -0.1) is 0 Å². The van der Waals surface area contributed by atoms with Gasteiger partial charge in [0.25, 0.3) is 0 Å². The number of rotatable bonds is 4. The molecule has 1 fully saturated rings. The van der Waals surface area contributed by atoms with Crippen molar-refractivity contribution in [3.8, 4) is 0 Å². The van der Waals surface area contributed by atoms with E-state index in [2.05, 4.69) is 15.0 Å². The minimum atomic E-state index is -0.906. The van der Waals surface area contributed by atoms with Crippen molar-refractivity contribution in [2.24, 2.45) is 11.8 Å². The van der Waals surface area contributed by atoms with Gasteiger partial charge in [-0.25, -0.2) is 0 Å². The van der Waals surface area contributed by atoms with E-state index < -0.39 is 11.9 Å². The summed E-state index contributed by atoms with van der Waals surface area (Å²) in [5.41, 5.74) is 0.621. The highest BCUT2D eigenvalue weighted by molar-refractivity contribution is 5.89. The number of hydrogen-bond donors (Lipinski definition) is 2. The third-order valence-electron chi connectivity index (χ3n) is 2.38.